The van der Waals surface area contributed by atoms with Crippen molar-refractivity contribution in [1.82, 2.24) is 9.97 Å². The summed E-state index contributed by atoms with van der Waals surface area (Å²) in [7, 11) is 0. The lowest BCUT2D eigenvalue weighted by molar-refractivity contribution is 1.22. The van der Waals surface area contributed by atoms with Gasteiger partial charge < -0.3 is 4.90 Å². The fraction of sp³-hybridized carbons (Fsp3) is 0.152. The van der Waals surface area contributed by atoms with E-state index in [0.717, 1.165) is 17.1 Å². The van der Waals surface area contributed by atoms with E-state index in [1.54, 1.807) is 0 Å². The number of benzene rings is 3. The molecule has 0 aliphatic heterocycles. The Morgan fingerprint density at radius 3 is 1.44 bits per heavy atom. The number of rotatable bonds is 5. The van der Waals surface area contributed by atoms with Crippen molar-refractivity contribution >= 4 is 17.1 Å². The van der Waals surface area contributed by atoms with Crippen LogP contribution < -0.4 is 4.90 Å². The van der Waals surface area contributed by atoms with Crippen LogP contribution in [0.3, 0.4) is 0 Å². The molecule has 36 heavy (non-hydrogen) atoms. The van der Waals surface area contributed by atoms with E-state index in [2.05, 4.69) is 98.0 Å². The summed E-state index contributed by atoms with van der Waals surface area (Å²) in [4.78, 5) is 10.6. The van der Waals surface area contributed by atoms with Gasteiger partial charge in [-0.2, -0.15) is 0 Å². The van der Waals surface area contributed by atoms with Crippen molar-refractivity contribution in [3.63, 3.8) is 0 Å². The highest BCUT2D eigenvalue weighted by molar-refractivity contribution is 5.81. The number of pyridine rings is 2. The molecule has 0 unspecified atom stereocenters. The molecule has 0 bridgehead atoms. The highest BCUT2D eigenvalue weighted by atomic mass is 15.1. The van der Waals surface area contributed by atoms with Crippen LogP contribution in [0.5, 0.6) is 0 Å². The molecule has 0 saturated heterocycles. The zero-order valence-electron chi connectivity index (χ0n) is 21.6. The van der Waals surface area contributed by atoms with Crippen molar-refractivity contribution < 1.29 is 0 Å². The molecule has 5 rings (SSSR count). The molecule has 0 radical (unpaired) electrons. The van der Waals surface area contributed by atoms with Gasteiger partial charge in [-0.25, -0.2) is 0 Å². The number of aryl methyl sites for hydroxylation is 5. The Kier molecular flexibility index (Phi) is 6.39. The second-order valence-electron chi connectivity index (χ2n) is 9.55. The van der Waals surface area contributed by atoms with Gasteiger partial charge in [-0.3, -0.25) is 9.97 Å². The largest absolute Gasteiger partial charge is 0.310 e. The molecule has 0 aliphatic rings. The molecule has 0 fully saturated rings. The van der Waals surface area contributed by atoms with E-state index >= 15 is 0 Å². The predicted octanol–water partition coefficient (Wildman–Crippen LogP) is 8.82. The van der Waals surface area contributed by atoms with Crippen LogP contribution >= 0.6 is 0 Å². The molecular formula is C33H31N3. The summed E-state index contributed by atoms with van der Waals surface area (Å²) in [6.07, 6.45) is 7.29. The van der Waals surface area contributed by atoms with E-state index in [1.807, 2.05) is 49.1 Å². The molecule has 2 heterocycles. The summed E-state index contributed by atoms with van der Waals surface area (Å²) in [5, 5.41) is 0. The monoisotopic (exact) mass is 469 g/mol. The third-order valence-corrected chi connectivity index (χ3v) is 6.80. The summed E-state index contributed by atoms with van der Waals surface area (Å²) >= 11 is 0. The molecule has 178 valence electrons. The molecule has 0 atom stereocenters. The van der Waals surface area contributed by atoms with E-state index in [-0.39, 0.29) is 0 Å². The second kappa shape index (κ2) is 9.79. The maximum Gasteiger partial charge on any atom is 0.0492 e. The van der Waals surface area contributed by atoms with Crippen LogP contribution in [0.4, 0.5) is 17.1 Å². The maximum absolute atomic E-state index is 4.19. The molecule has 3 aromatic carbocycles. The highest BCUT2D eigenvalue weighted by Gasteiger charge is 2.15. The van der Waals surface area contributed by atoms with Crippen molar-refractivity contribution in [3.05, 3.63) is 125 Å². The van der Waals surface area contributed by atoms with E-state index in [0.29, 0.717) is 0 Å². The summed E-state index contributed by atoms with van der Waals surface area (Å²) in [6, 6.07) is 26.1. The molecule has 0 spiro atoms. The Morgan fingerprint density at radius 2 is 0.917 bits per heavy atom. The van der Waals surface area contributed by atoms with Gasteiger partial charge in [0.15, 0.2) is 0 Å². The number of nitrogens with zero attached hydrogens (tertiary/aromatic N) is 3. The van der Waals surface area contributed by atoms with Gasteiger partial charge in [0.05, 0.1) is 0 Å². The van der Waals surface area contributed by atoms with Gasteiger partial charge in [0, 0.05) is 41.8 Å². The Hall–Kier alpha value is -4.24. The van der Waals surface area contributed by atoms with Gasteiger partial charge in [0.2, 0.25) is 0 Å². The zero-order valence-corrected chi connectivity index (χ0v) is 21.6. The summed E-state index contributed by atoms with van der Waals surface area (Å²) < 4.78 is 0. The van der Waals surface area contributed by atoms with E-state index < -0.39 is 0 Å². The highest BCUT2D eigenvalue weighted by Crippen LogP contribution is 2.38. The van der Waals surface area contributed by atoms with Crippen LogP contribution in [0, 0.1) is 34.6 Å². The standard InChI is InChI=1S/C33H31N3/c1-22-18-25(4)33(26(5)19-22)32-21-23(2)31(20-24(32)3)27-6-8-28(9-7-27)36(29-10-14-34-15-11-29)30-12-16-35-17-13-30/h6-21H,1-5H3. The topological polar surface area (TPSA) is 29.0 Å². The average Bonchev–Trinajstić information content (AvgIpc) is 2.87. The van der Waals surface area contributed by atoms with E-state index in [4.69, 9.17) is 0 Å². The first-order valence-electron chi connectivity index (χ1n) is 12.3. The van der Waals surface area contributed by atoms with Crippen LogP contribution in [0.2, 0.25) is 0 Å². The smallest absolute Gasteiger partial charge is 0.0492 e. The lowest BCUT2D eigenvalue weighted by atomic mass is 9.87. The molecule has 0 amide bonds. The van der Waals surface area contributed by atoms with Crippen LogP contribution in [0.15, 0.2) is 97.6 Å². The SMILES string of the molecule is Cc1cc(C)c(-c2cc(C)c(-c3ccc(N(c4ccncc4)c4ccncc4)cc3)cc2C)c(C)c1. The van der Waals surface area contributed by atoms with Crippen molar-refractivity contribution in [2.75, 3.05) is 4.90 Å². The Balaban J connectivity index is 1.53. The zero-order chi connectivity index (χ0) is 25.2. The molecule has 0 N–H and O–H groups in total. The summed E-state index contributed by atoms with van der Waals surface area (Å²) in [5.74, 6) is 0. The number of hydrogen-bond acceptors (Lipinski definition) is 3. The second-order valence-corrected chi connectivity index (χ2v) is 9.55. The minimum atomic E-state index is 1.06. The Labute approximate surface area is 214 Å². The van der Waals surface area contributed by atoms with Crippen molar-refractivity contribution in [2.45, 2.75) is 34.6 Å². The first-order chi connectivity index (χ1) is 17.4. The Bertz CT molecular complexity index is 1440. The third kappa shape index (κ3) is 4.52. The first-order valence-corrected chi connectivity index (χ1v) is 12.3. The normalized spacial score (nSPS) is 10.9. The van der Waals surface area contributed by atoms with Gasteiger partial charge in [-0.15, -0.1) is 0 Å². The third-order valence-electron chi connectivity index (χ3n) is 6.80. The fourth-order valence-corrected chi connectivity index (χ4v) is 5.22. The minimum Gasteiger partial charge on any atom is -0.310 e. The van der Waals surface area contributed by atoms with Gasteiger partial charge in [-0.05, 0) is 116 Å². The number of hydrogen-bond donors (Lipinski definition) is 0. The number of anilines is 3. The first kappa shape index (κ1) is 23.5. The van der Waals surface area contributed by atoms with Gasteiger partial charge in [0.25, 0.3) is 0 Å². The molecule has 3 heteroatoms. The van der Waals surface area contributed by atoms with E-state index in [9.17, 15) is 0 Å². The lowest BCUT2D eigenvalue weighted by Crippen LogP contribution is -2.09. The van der Waals surface area contributed by atoms with Crippen LogP contribution in [0.1, 0.15) is 27.8 Å². The van der Waals surface area contributed by atoms with Crippen LogP contribution in [-0.4, -0.2) is 9.97 Å². The molecular weight excluding hydrogens is 438 g/mol. The minimum absolute atomic E-state index is 1.06. The van der Waals surface area contributed by atoms with E-state index in [1.165, 1.54) is 50.1 Å². The van der Waals surface area contributed by atoms with Crippen molar-refractivity contribution in [3.8, 4) is 22.3 Å². The molecule has 2 aromatic heterocycles. The summed E-state index contributed by atoms with van der Waals surface area (Å²) in [5.41, 5.74) is 14.9. The lowest BCUT2D eigenvalue weighted by Gasteiger charge is -2.25. The quantitative estimate of drug-likeness (QED) is 0.257. The van der Waals surface area contributed by atoms with Gasteiger partial charge >= 0.3 is 0 Å². The van der Waals surface area contributed by atoms with Gasteiger partial charge in [-0.1, -0.05) is 42.0 Å². The maximum atomic E-state index is 4.19. The van der Waals surface area contributed by atoms with Crippen molar-refractivity contribution in [2.24, 2.45) is 0 Å². The summed E-state index contributed by atoms with van der Waals surface area (Å²) in [6.45, 7) is 11.0. The van der Waals surface area contributed by atoms with Crippen LogP contribution in [-0.2, 0) is 0 Å². The fourth-order valence-electron chi connectivity index (χ4n) is 5.22. The molecule has 5 aromatic rings. The molecule has 0 saturated carbocycles. The van der Waals surface area contributed by atoms with Gasteiger partial charge in [0.1, 0.15) is 0 Å². The predicted molar refractivity (Wildman–Crippen MR) is 151 cm³/mol. The van der Waals surface area contributed by atoms with Crippen LogP contribution in [0.25, 0.3) is 22.3 Å². The molecule has 0 aliphatic carbocycles. The van der Waals surface area contributed by atoms with Crippen molar-refractivity contribution in [1.29, 1.82) is 0 Å². The average molecular weight is 470 g/mol. The number of aromatic nitrogens is 2. The Morgan fingerprint density at radius 1 is 0.472 bits per heavy atom. The molecule has 3 nitrogen and oxygen atoms in total.